The molecule has 0 bridgehead atoms. The molecule has 3 heteroatoms. The molecule has 2 atom stereocenters. The first-order valence-electron chi connectivity index (χ1n) is 7.06. The molecule has 0 amide bonds. The van der Waals surface area contributed by atoms with Gasteiger partial charge in [-0.1, -0.05) is 25.0 Å². The molecule has 0 saturated heterocycles. The minimum atomic E-state index is 0.221. The van der Waals surface area contributed by atoms with Gasteiger partial charge >= 0.3 is 0 Å². The minimum absolute atomic E-state index is 0.221. The lowest BCUT2D eigenvalue weighted by atomic mass is 10.1. The lowest BCUT2D eigenvalue weighted by Gasteiger charge is -2.08. The van der Waals surface area contributed by atoms with Crippen molar-refractivity contribution in [1.82, 2.24) is 9.78 Å². The first-order chi connectivity index (χ1) is 8.69. The highest BCUT2D eigenvalue weighted by atomic mass is 35.5. The van der Waals surface area contributed by atoms with Crippen LogP contribution in [0.25, 0.3) is 0 Å². The third-order valence-corrected chi connectivity index (χ3v) is 4.10. The smallest absolute Gasteiger partial charge is 0.0665 e. The minimum Gasteiger partial charge on any atom is -0.270 e. The summed E-state index contributed by atoms with van der Waals surface area (Å²) in [6.45, 7) is 4.40. The van der Waals surface area contributed by atoms with Crippen LogP contribution in [0.1, 0.15) is 57.7 Å². The number of allylic oxidation sites excluding steroid dienone is 2. The molecule has 1 aromatic rings. The molecule has 0 fully saturated rings. The Kier molecular flexibility index (Phi) is 4.87. The largest absolute Gasteiger partial charge is 0.270 e. The van der Waals surface area contributed by atoms with E-state index in [0.717, 1.165) is 19.3 Å². The van der Waals surface area contributed by atoms with E-state index in [1.54, 1.807) is 0 Å². The van der Waals surface area contributed by atoms with Gasteiger partial charge in [0.25, 0.3) is 0 Å². The molecule has 2 nitrogen and oxygen atoms in total. The number of aromatic nitrogens is 2. The van der Waals surface area contributed by atoms with Crippen LogP contribution in [0.15, 0.2) is 23.9 Å². The Labute approximate surface area is 115 Å². The molecule has 0 aliphatic heterocycles. The third kappa shape index (κ3) is 3.61. The van der Waals surface area contributed by atoms with Crippen LogP contribution in [-0.2, 0) is 6.42 Å². The molecule has 1 aliphatic rings. The van der Waals surface area contributed by atoms with Gasteiger partial charge < -0.3 is 0 Å². The summed E-state index contributed by atoms with van der Waals surface area (Å²) in [5, 5.41) is 4.88. The number of halogens is 1. The predicted octanol–water partition coefficient (Wildman–Crippen LogP) is 4.50. The SMILES string of the molecule is CCC(C)n1ccc(CC2=CC(Cl)CCCC2)n1. The molecule has 2 unspecified atom stereocenters. The van der Waals surface area contributed by atoms with E-state index in [4.69, 9.17) is 11.6 Å². The van der Waals surface area contributed by atoms with Crippen molar-refractivity contribution >= 4 is 11.6 Å². The second-order valence-corrected chi connectivity index (χ2v) is 5.87. The van der Waals surface area contributed by atoms with Crippen LogP contribution in [0.2, 0.25) is 0 Å². The maximum Gasteiger partial charge on any atom is 0.0665 e. The summed E-state index contributed by atoms with van der Waals surface area (Å²) in [4.78, 5) is 0. The normalized spacial score (nSPS) is 22.4. The van der Waals surface area contributed by atoms with Crippen molar-refractivity contribution in [1.29, 1.82) is 0 Å². The summed E-state index contributed by atoms with van der Waals surface area (Å²) in [6.07, 6.45) is 11.2. The summed E-state index contributed by atoms with van der Waals surface area (Å²) >= 11 is 6.26. The highest BCUT2D eigenvalue weighted by Gasteiger charge is 2.11. The van der Waals surface area contributed by atoms with Gasteiger partial charge in [0.2, 0.25) is 0 Å². The molecule has 1 heterocycles. The quantitative estimate of drug-likeness (QED) is 0.579. The summed E-state index contributed by atoms with van der Waals surface area (Å²) in [5.41, 5.74) is 2.63. The average molecular weight is 267 g/mol. The van der Waals surface area contributed by atoms with E-state index in [0.29, 0.717) is 6.04 Å². The van der Waals surface area contributed by atoms with Crippen LogP contribution < -0.4 is 0 Å². The van der Waals surface area contributed by atoms with Crippen molar-refractivity contribution in [2.75, 3.05) is 0 Å². The van der Waals surface area contributed by atoms with E-state index in [2.05, 4.69) is 42.0 Å². The predicted molar refractivity (Wildman–Crippen MR) is 77.1 cm³/mol. The summed E-state index contributed by atoms with van der Waals surface area (Å²) < 4.78 is 2.07. The second-order valence-electron chi connectivity index (χ2n) is 5.31. The van der Waals surface area contributed by atoms with E-state index < -0.39 is 0 Å². The van der Waals surface area contributed by atoms with E-state index in [-0.39, 0.29) is 5.38 Å². The maximum atomic E-state index is 6.26. The second kappa shape index (κ2) is 6.42. The van der Waals surface area contributed by atoms with Crippen LogP contribution in [0.4, 0.5) is 0 Å². The number of hydrogen-bond donors (Lipinski definition) is 0. The average Bonchev–Trinajstić information content (AvgIpc) is 2.72. The molecule has 1 aromatic heterocycles. The Morgan fingerprint density at radius 1 is 1.50 bits per heavy atom. The molecule has 18 heavy (non-hydrogen) atoms. The van der Waals surface area contributed by atoms with Crippen molar-refractivity contribution in [2.45, 2.75) is 63.8 Å². The highest BCUT2D eigenvalue weighted by Crippen LogP contribution is 2.23. The van der Waals surface area contributed by atoms with Gasteiger partial charge in [-0.3, -0.25) is 4.68 Å². The first kappa shape index (κ1) is 13.7. The van der Waals surface area contributed by atoms with Gasteiger partial charge in [0, 0.05) is 18.7 Å². The number of nitrogens with zero attached hydrogens (tertiary/aromatic N) is 2. The van der Waals surface area contributed by atoms with Gasteiger partial charge in [0.05, 0.1) is 11.1 Å². The van der Waals surface area contributed by atoms with Crippen LogP contribution in [0.5, 0.6) is 0 Å². The Morgan fingerprint density at radius 2 is 2.33 bits per heavy atom. The Hall–Kier alpha value is -0.760. The molecule has 0 spiro atoms. The summed E-state index contributed by atoms with van der Waals surface area (Å²) in [5.74, 6) is 0. The molecule has 2 rings (SSSR count). The fourth-order valence-electron chi connectivity index (χ4n) is 2.40. The molecule has 100 valence electrons. The van der Waals surface area contributed by atoms with E-state index in [1.165, 1.54) is 30.5 Å². The van der Waals surface area contributed by atoms with Gasteiger partial charge in [-0.15, -0.1) is 11.6 Å². The van der Waals surface area contributed by atoms with E-state index in [1.807, 2.05) is 0 Å². The number of hydrogen-bond acceptors (Lipinski definition) is 1. The molecule has 0 saturated carbocycles. The Morgan fingerprint density at radius 3 is 3.11 bits per heavy atom. The molecular weight excluding hydrogens is 244 g/mol. The van der Waals surface area contributed by atoms with Gasteiger partial charge in [-0.2, -0.15) is 5.10 Å². The standard InChI is InChI=1S/C15H23ClN2/c1-3-12(2)18-9-8-15(17-18)11-13-6-4-5-7-14(16)10-13/h8-10,12,14H,3-7,11H2,1-2H3. The fourth-order valence-corrected chi connectivity index (χ4v) is 2.73. The van der Waals surface area contributed by atoms with Crippen LogP contribution >= 0.6 is 11.6 Å². The van der Waals surface area contributed by atoms with E-state index in [9.17, 15) is 0 Å². The molecule has 0 radical (unpaired) electrons. The maximum absolute atomic E-state index is 6.26. The third-order valence-electron chi connectivity index (χ3n) is 3.76. The monoisotopic (exact) mass is 266 g/mol. The Balaban J connectivity index is 2.02. The number of rotatable bonds is 4. The lowest BCUT2D eigenvalue weighted by Crippen LogP contribution is -2.05. The van der Waals surface area contributed by atoms with Crippen molar-refractivity contribution in [2.24, 2.45) is 0 Å². The summed E-state index contributed by atoms with van der Waals surface area (Å²) in [6, 6.07) is 2.63. The lowest BCUT2D eigenvalue weighted by molar-refractivity contribution is 0.474. The van der Waals surface area contributed by atoms with Gasteiger partial charge in [-0.05, 0) is 38.7 Å². The Bertz CT molecular complexity index is 408. The zero-order valence-electron chi connectivity index (χ0n) is 11.4. The van der Waals surface area contributed by atoms with Crippen LogP contribution in [0.3, 0.4) is 0 Å². The zero-order chi connectivity index (χ0) is 13.0. The van der Waals surface area contributed by atoms with Gasteiger partial charge in [0.15, 0.2) is 0 Å². The van der Waals surface area contributed by atoms with Crippen LogP contribution in [0, 0.1) is 0 Å². The number of alkyl halides is 1. The van der Waals surface area contributed by atoms with Gasteiger partial charge in [0.1, 0.15) is 0 Å². The van der Waals surface area contributed by atoms with Crippen molar-refractivity contribution in [3.8, 4) is 0 Å². The topological polar surface area (TPSA) is 17.8 Å². The van der Waals surface area contributed by atoms with E-state index >= 15 is 0 Å². The van der Waals surface area contributed by atoms with Gasteiger partial charge in [-0.25, -0.2) is 0 Å². The summed E-state index contributed by atoms with van der Waals surface area (Å²) in [7, 11) is 0. The molecular formula is C15H23ClN2. The highest BCUT2D eigenvalue weighted by molar-refractivity contribution is 6.21. The first-order valence-corrected chi connectivity index (χ1v) is 7.50. The molecule has 0 aromatic carbocycles. The van der Waals surface area contributed by atoms with Crippen LogP contribution in [-0.4, -0.2) is 15.2 Å². The zero-order valence-corrected chi connectivity index (χ0v) is 12.2. The molecule has 0 N–H and O–H groups in total. The fraction of sp³-hybridized carbons (Fsp3) is 0.667. The van der Waals surface area contributed by atoms with Crippen molar-refractivity contribution < 1.29 is 0 Å². The van der Waals surface area contributed by atoms with Crippen molar-refractivity contribution in [3.05, 3.63) is 29.6 Å². The van der Waals surface area contributed by atoms with Crippen molar-refractivity contribution in [3.63, 3.8) is 0 Å². The molecule has 1 aliphatic carbocycles.